The summed E-state index contributed by atoms with van der Waals surface area (Å²) in [6.07, 6.45) is 1.35. The minimum absolute atomic E-state index is 0.00876. The van der Waals surface area contributed by atoms with Crippen LogP contribution in [0, 0.1) is 5.92 Å². The number of fused-ring (bicyclic) bond motifs is 1. The average Bonchev–Trinajstić information content (AvgIpc) is 2.85. The molecule has 0 unspecified atom stereocenters. The van der Waals surface area contributed by atoms with Crippen LogP contribution in [0.3, 0.4) is 0 Å². The Bertz CT molecular complexity index is 1070. The van der Waals surface area contributed by atoms with Gasteiger partial charge in [-0.3, -0.25) is 14.5 Å². The first-order chi connectivity index (χ1) is 16.4. The lowest BCUT2D eigenvalue weighted by molar-refractivity contribution is -0.145. The number of hydrogen-bond acceptors (Lipinski definition) is 5. The van der Waals surface area contributed by atoms with E-state index in [4.69, 9.17) is 4.74 Å². The standard InChI is InChI=1S/C26H28N2O6/c29-21-12-6-11-19(13-21)23(25(31)32)27-24(30)22-14-18-9-4-5-10-20(18)15-28(22)26(33)34-16-17-7-2-1-3-8-17/h1-5,7-10,19,22-23H,6,11-16H2,(H,27,30)(H,31,32)/t19-,22+,23-/m1/s1. The number of Topliss-reactive ketones (excluding diaryl/α,β-unsaturated/α-hetero) is 1. The normalized spacial score (nSPS) is 20.7. The van der Waals surface area contributed by atoms with E-state index in [0.717, 1.165) is 16.7 Å². The second kappa shape index (κ2) is 10.5. The van der Waals surface area contributed by atoms with Crippen LogP contribution in [0.2, 0.25) is 0 Å². The van der Waals surface area contributed by atoms with Gasteiger partial charge in [-0.15, -0.1) is 0 Å². The Kier molecular flexibility index (Phi) is 7.25. The van der Waals surface area contributed by atoms with E-state index in [9.17, 15) is 24.3 Å². The molecular weight excluding hydrogens is 436 g/mol. The third-order valence-corrected chi connectivity index (χ3v) is 6.55. The highest BCUT2D eigenvalue weighted by Crippen LogP contribution is 2.27. The van der Waals surface area contributed by atoms with Crippen molar-refractivity contribution >= 4 is 23.8 Å². The van der Waals surface area contributed by atoms with Crippen molar-refractivity contribution in [1.29, 1.82) is 0 Å². The summed E-state index contributed by atoms with van der Waals surface area (Å²) in [6.45, 7) is 0.246. The van der Waals surface area contributed by atoms with E-state index < -0.39 is 36.0 Å². The molecule has 2 amide bonds. The number of carbonyl (C=O) groups excluding carboxylic acids is 3. The summed E-state index contributed by atoms with van der Waals surface area (Å²) in [7, 11) is 0. The van der Waals surface area contributed by atoms with Gasteiger partial charge in [0.05, 0.1) is 6.54 Å². The summed E-state index contributed by atoms with van der Waals surface area (Å²) in [6, 6.07) is 14.7. The molecule has 3 atom stereocenters. The number of rotatable bonds is 6. The van der Waals surface area contributed by atoms with Crippen LogP contribution in [0.4, 0.5) is 4.79 Å². The van der Waals surface area contributed by atoms with Crippen LogP contribution in [0.25, 0.3) is 0 Å². The Balaban J connectivity index is 1.52. The molecule has 0 aromatic heterocycles. The number of carboxylic acid groups (broad SMARTS) is 1. The highest BCUT2D eigenvalue weighted by atomic mass is 16.6. The molecule has 0 spiro atoms. The molecule has 2 N–H and O–H groups in total. The number of amides is 2. The third kappa shape index (κ3) is 5.44. The number of ketones is 1. The lowest BCUT2D eigenvalue weighted by Gasteiger charge is -2.36. The summed E-state index contributed by atoms with van der Waals surface area (Å²) in [5.41, 5.74) is 2.66. The molecule has 34 heavy (non-hydrogen) atoms. The molecule has 0 saturated heterocycles. The largest absolute Gasteiger partial charge is 0.480 e. The lowest BCUT2D eigenvalue weighted by atomic mass is 9.83. The first kappa shape index (κ1) is 23.5. The number of carbonyl (C=O) groups is 4. The van der Waals surface area contributed by atoms with Gasteiger partial charge in [0.1, 0.15) is 24.5 Å². The van der Waals surface area contributed by atoms with Crippen LogP contribution >= 0.6 is 0 Å². The first-order valence-corrected chi connectivity index (χ1v) is 11.5. The molecule has 178 valence electrons. The Morgan fingerprint density at radius 2 is 1.74 bits per heavy atom. The fourth-order valence-electron chi connectivity index (χ4n) is 4.72. The number of aliphatic carboxylic acids is 1. The van der Waals surface area contributed by atoms with E-state index in [0.29, 0.717) is 19.3 Å². The van der Waals surface area contributed by atoms with Gasteiger partial charge in [0, 0.05) is 19.3 Å². The maximum absolute atomic E-state index is 13.3. The number of nitrogens with zero attached hydrogens (tertiary/aromatic N) is 1. The molecule has 0 bridgehead atoms. The molecular formula is C26H28N2O6. The Hall–Kier alpha value is -3.68. The molecule has 2 aromatic carbocycles. The van der Waals surface area contributed by atoms with E-state index in [-0.39, 0.29) is 31.8 Å². The fraction of sp³-hybridized carbons (Fsp3) is 0.385. The van der Waals surface area contributed by atoms with Gasteiger partial charge in [-0.05, 0) is 35.4 Å². The SMILES string of the molecule is O=C1CCC[C@@H]([C@@H](NC(=O)[C@@H]2Cc3ccccc3CN2C(=O)OCc2ccccc2)C(=O)O)C1. The molecule has 2 aliphatic rings. The van der Waals surface area contributed by atoms with E-state index in [2.05, 4.69) is 5.32 Å². The van der Waals surface area contributed by atoms with Crippen LogP contribution in [-0.2, 0) is 38.7 Å². The third-order valence-electron chi connectivity index (χ3n) is 6.55. The maximum atomic E-state index is 13.3. The zero-order chi connectivity index (χ0) is 24.1. The Morgan fingerprint density at radius 3 is 2.44 bits per heavy atom. The predicted molar refractivity (Wildman–Crippen MR) is 123 cm³/mol. The zero-order valence-electron chi connectivity index (χ0n) is 18.8. The molecule has 1 fully saturated rings. The number of nitrogens with one attached hydrogen (secondary N) is 1. The van der Waals surface area contributed by atoms with Crippen LogP contribution in [-0.4, -0.2) is 45.8 Å². The second-order valence-corrected chi connectivity index (χ2v) is 8.88. The summed E-state index contributed by atoms with van der Waals surface area (Å²) in [5, 5.41) is 12.4. The average molecular weight is 465 g/mol. The topological polar surface area (TPSA) is 113 Å². The molecule has 8 heteroatoms. The van der Waals surface area contributed by atoms with Crippen molar-refractivity contribution in [2.45, 2.75) is 57.3 Å². The first-order valence-electron chi connectivity index (χ1n) is 11.5. The smallest absolute Gasteiger partial charge is 0.411 e. The minimum atomic E-state index is -1.18. The fourth-order valence-corrected chi connectivity index (χ4v) is 4.72. The highest BCUT2D eigenvalue weighted by molar-refractivity contribution is 5.90. The summed E-state index contributed by atoms with van der Waals surface area (Å²) >= 11 is 0. The molecule has 2 aromatic rings. The lowest BCUT2D eigenvalue weighted by Crippen LogP contribution is -2.57. The Morgan fingerprint density at radius 1 is 1.03 bits per heavy atom. The van der Waals surface area contributed by atoms with Crippen LogP contribution in [0.5, 0.6) is 0 Å². The van der Waals surface area contributed by atoms with E-state index in [1.807, 2.05) is 54.6 Å². The predicted octanol–water partition coefficient (Wildman–Crippen LogP) is 3.08. The van der Waals surface area contributed by atoms with Gasteiger partial charge in [0.2, 0.25) is 5.91 Å². The van der Waals surface area contributed by atoms with Crippen LogP contribution < -0.4 is 5.32 Å². The van der Waals surface area contributed by atoms with Crippen molar-refractivity contribution < 1.29 is 29.0 Å². The van der Waals surface area contributed by atoms with Crippen LogP contribution in [0.1, 0.15) is 42.4 Å². The van der Waals surface area contributed by atoms with Crippen LogP contribution in [0.15, 0.2) is 54.6 Å². The molecule has 4 rings (SSSR count). The molecule has 0 radical (unpaired) electrons. The van der Waals surface area contributed by atoms with Crippen molar-refractivity contribution in [2.75, 3.05) is 0 Å². The van der Waals surface area contributed by atoms with Crippen molar-refractivity contribution in [3.63, 3.8) is 0 Å². The number of benzene rings is 2. The maximum Gasteiger partial charge on any atom is 0.411 e. The van der Waals surface area contributed by atoms with E-state index in [1.54, 1.807) is 0 Å². The molecule has 8 nitrogen and oxygen atoms in total. The Labute approximate surface area is 197 Å². The molecule has 1 saturated carbocycles. The van der Waals surface area contributed by atoms with E-state index in [1.165, 1.54) is 4.90 Å². The highest BCUT2D eigenvalue weighted by Gasteiger charge is 2.39. The number of hydrogen-bond donors (Lipinski definition) is 2. The molecule has 1 aliphatic carbocycles. The monoisotopic (exact) mass is 464 g/mol. The van der Waals surface area contributed by atoms with Gasteiger partial charge in [-0.25, -0.2) is 9.59 Å². The van der Waals surface area contributed by atoms with Crippen molar-refractivity contribution in [3.8, 4) is 0 Å². The van der Waals surface area contributed by atoms with Gasteiger partial charge in [0.25, 0.3) is 0 Å². The minimum Gasteiger partial charge on any atom is -0.480 e. The van der Waals surface area contributed by atoms with Crippen molar-refractivity contribution in [2.24, 2.45) is 5.92 Å². The van der Waals surface area contributed by atoms with Crippen molar-refractivity contribution in [1.82, 2.24) is 10.2 Å². The van der Waals surface area contributed by atoms with Gasteiger partial charge in [-0.1, -0.05) is 54.6 Å². The van der Waals surface area contributed by atoms with Gasteiger partial charge < -0.3 is 15.2 Å². The quantitative estimate of drug-likeness (QED) is 0.679. The second-order valence-electron chi connectivity index (χ2n) is 8.88. The summed E-state index contributed by atoms with van der Waals surface area (Å²) in [5.74, 6) is -2.19. The summed E-state index contributed by atoms with van der Waals surface area (Å²) < 4.78 is 5.49. The van der Waals surface area contributed by atoms with E-state index >= 15 is 0 Å². The molecule has 1 heterocycles. The van der Waals surface area contributed by atoms with Crippen molar-refractivity contribution in [3.05, 3.63) is 71.3 Å². The zero-order valence-corrected chi connectivity index (χ0v) is 18.8. The van der Waals surface area contributed by atoms with Gasteiger partial charge >= 0.3 is 12.1 Å². The van der Waals surface area contributed by atoms with Gasteiger partial charge in [-0.2, -0.15) is 0 Å². The van der Waals surface area contributed by atoms with Gasteiger partial charge in [0.15, 0.2) is 0 Å². The number of carboxylic acids is 1. The summed E-state index contributed by atoms with van der Waals surface area (Å²) in [4.78, 5) is 51.5. The molecule has 1 aliphatic heterocycles. The number of ether oxygens (including phenoxy) is 1.